The quantitative estimate of drug-likeness (QED) is 0.729. The summed E-state index contributed by atoms with van der Waals surface area (Å²) < 4.78 is 11.8. The van der Waals surface area contributed by atoms with E-state index in [0.717, 1.165) is 48.3 Å². The summed E-state index contributed by atoms with van der Waals surface area (Å²) in [5.74, 6) is 0.884. The molecule has 1 aromatic heterocycles. The first kappa shape index (κ1) is 17.8. The van der Waals surface area contributed by atoms with Crippen molar-refractivity contribution in [1.29, 1.82) is 0 Å². The van der Waals surface area contributed by atoms with Gasteiger partial charge in [-0.05, 0) is 72.0 Å². The topological polar surface area (TPSA) is 51.3 Å². The molecule has 1 aliphatic heterocycles. The predicted octanol–water partition coefficient (Wildman–Crippen LogP) is 4.74. The third kappa shape index (κ3) is 3.76. The molecule has 0 saturated carbocycles. The maximum absolute atomic E-state index is 11.4. The molecule has 4 nitrogen and oxygen atoms in total. The molecule has 3 aromatic rings. The van der Waals surface area contributed by atoms with E-state index in [0.29, 0.717) is 0 Å². The lowest BCUT2D eigenvalue weighted by molar-refractivity contribution is 0.0563. The van der Waals surface area contributed by atoms with E-state index in [1.165, 1.54) is 5.56 Å². The van der Waals surface area contributed by atoms with Crippen LogP contribution in [0.1, 0.15) is 43.9 Å². The van der Waals surface area contributed by atoms with E-state index in [1.807, 2.05) is 24.3 Å². The lowest BCUT2D eigenvalue weighted by Gasteiger charge is -2.34. The second kappa shape index (κ2) is 7.20. The smallest absolute Gasteiger partial charge is 0.248 e. The minimum absolute atomic E-state index is 0.0842. The van der Waals surface area contributed by atoms with Gasteiger partial charge in [-0.3, -0.25) is 4.79 Å². The molecule has 0 bridgehead atoms. The van der Waals surface area contributed by atoms with Gasteiger partial charge >= 0.3 is 0 Å². The first-order chi connectivity index (χ1) is 13.0. The van der Waals surface area contributed by atoms with E-state index >= 15 is 0 Å². The van der Waals surface area contributed by atoms with Crippen molar-refractivity contribution < 1.29 is 9.47 Å². The number of hydrogen-bond acceptors (Lipinski definition) is 3. The molecule has 2 aromatic carbocycles. The summed E-state index contributed by atoms with van der Waals surface area (Å²) >= 11 is 0. The highest BCUT2D eigenvalue weighted by Gasteiger charge is 2.29. The number of aromatic amines is 1. The molecule has 27 heavy (non-hydrogen) atoms. The first-order valence-electron chi connectivity index (χ1n) is 9.51. The highest BCUT2D eigenvalue weighted by molar-refractivity contribution is 5.79. The standard InChI is InChI=1S/C23H25NO3/c1-16(17-6-8-21-18(14-17)7-9-22(25)24-21)27-20-5-3-4-19(15-20)23(2)10-12-26-13-11-23/h3-9,14-16H,10-13H2,1-2H3,(H,24,25). The van der Waals surface area contributed by atoms with Gasteiger partial charge < -0.3 is 14.5 Å². The van der Waals surface area contributed by atoms with Gasteiger partial charge in [0.2, 0.25) is 5.56 Å². The van der Waals surface area contributed by atoms with Crippen molar-refractivity contribution in [2.75, 3.05) is 13.2 Å². The minimum Gasteiger partial charge on any atom is -0.486 e. The Morgan fingerprint density at radius 3 is 2.70 bits per heavy atom. The molecule has 1 aliphatic rings. The molecular formula is C23H25NO3. The van der Waals surface area contributed by atoms with Gasteiger partial charge in [0.1, 0.15) is 11.9 Å². The van der Waals surface area contributed by atoms with E-state index in [9.17, 15) is 4.79 Å². The van der Waals surface area contributed by atoms with Gasteiger partial charge in [0.15, 0.2) is 0 Å². The Labute approximate surface area is 159 Å². The molecule has 1 saturated heterocycles. The Hall–Kier alpha value is -2.59. The fraction of sp³-hybridized carbons (Fsp3) is 0.348. The maximum Gasteiger partial charge on any atom is 0.248 e. The van der Waals surface area contributed by atoms with E-state index in [-0.39, 0.29) is 17.1 Å². The third-order valence-corrected chi connectivity index (χ3v) is 5.66. The van der Waals surface area contributed by atoms with Crippen molar-refractivity contribution in [2.24, 2.45) is 0 Å². The Kier molecular flexibility index (Phi) is 4.75. The van der Waals surface area contributed by atoms with Crippen LogP contribution in [0.25, 0.3) is 10.9 Å². The molecule has 0 radical (unpaired) electrons. The number of nitrogens with one attached hydrogen (secondary N) is 1. The van der Waals surface area contributed by atoms with Crippen molar-refractivity contribution in [3.63, 3.8) is 0 Å². The number of benzene rings is 2. The van der Waals surface area contributed by atoms with Crippen LogP contribution in [-0.2, 0) is 10.2 Å². The second-order valence-electron chi connectivity index (χ2n) is 7.63. The van der Waals surface area contributed by atoms with Gasteiger partial charge in [-0.1, -0.05) is 25.1 Å². The number of H-pyrrole nitrogens is 1. The zero-order chi connectivity index (χ0) is 18.9. The second-order valence-corrected chi connectivity index (χ2v) is 7.63. The highest BCUT2D eigenvalue weighted by Crippen LogP contribution is 2.36. The summed E-state index contributed by atoms with van der Waals surface area (Å²) in [7, 11) is 0. The van der Waals surface area contributed by atoms with Crippen LogP contribution in [0.4, 0.5) is 0 Å². The lowest BCUT2D eigenvalue weighted by atomic mass is 9.76. The van der Waals surface area contributed by atoms with E-state index in [4.69, 9.17) is 9.47 Å². The van der Waals surface area contributed by atoms with Crippen molar-refractivity contribution in [2.45, 2.75) is 38.2 Å². The normalized spacial score (nSPS) is 17.6. The minimum atomic E-state index is -0.0852. The van der Waals surface area contributed by atoms with Gasteiger partial charge in [-0.15, -0.1) is 0 Å². The fourth-order valence-corrected chi connectivity index (χ4v) is 3.75. The summed E-state index contributed by atoms with van der Waals surface area (Å²) in [5.41, 5.74) is 3.30. The van der Waals surface area contributed by atoms with Crippen molar-refractivity contribution in [3.05, 3.63) is 76.1 Å². The van der Waals surface area contributed by atoms with Crippen LogP contribution >= 0.6 is 0 Å². The monoisotopic (exact) mass is 363 g/mol. The van der Waals surface area contributed by atoms with Crippen LogP contribution in [0.5, 0.6) is 5.75 Å². The number of fused-ring (bicyclic) bond motifs is 1. The van der Waals surface area contributed by atoms with Crippen LogP contribution in [-0.4, -0.2) is 18.2 Å². The Bertz CT molecular complexity index is 1000. The Morgan fingerprint density at radius 2 is 1.89 bits per heavy atom. The number of hydrogen-bond donors (Lipinski definition) is 1. The largest absolute Gasteiger partial charge is 0.486 e. The van der Waals surface area contributed by atoms with Gasteiger partial charge in [-0.2, -0.15) is 0 Å². The molecule has 1 fully saturated rings. The Balaban J connectivity index is 1.56. The van der Waals surface area contributed by atoms with Crippen molar-refractivity contribution in [3.8, 4) is 5.75 Å². The van der Waals surface area contributed by atoms with E-state index in [2.05, 4.69) is 43.1 Å². The van der Waals surface area contributed by atoms with Crippen LogP contribution in [0.15, 0.2) is 59.4 Å². The van der Waals surface area contributed by atoms with Crippen LogP contribution in [0, 0.1) is 0 Å². The zero-order valence-electron chi connectivity index (χ0n) is 15.8. The molecular weight excluding hydrogens is 338 g/mol. The highest BCUT2D eigenvalue weighted by atomic mass is 16.5. The molecule has 4 rings (SSSR count). The van der Waals surface area contributed by atoms with Gasteiger partial charge in [-0.25, -0.2) is 0 Å². The maximum atomic E-state index is 11.4. The summed E-state index contributed by atoms with van der Waals surface area (Å²) in [6.45, 7) is 5.99. The number of rotatable bonds is 4. The zero-order valence-corrected chi connectivity index (χ0v) is 15.8. The summed E-state index contributed by atoms with van der Waals surface area (Å²) in [6, 6.07) is 17.9. The average Bonchev–Trinajstić information content (AvgIpc) is 2.68. The third-order valence-electron chi connectivity index (χ3n) is 5.66. The van der Waals surface area contributed by atoms with Crippen LogP contribution in [0.3, 0.4) is 0 Å². The van der Waals surface area contributed by atoms with E-state index in [1.54, 1.807) is 6.07 Å². The van der Waals surface area contributed by atoms with Gasteiger partial charge in [0, 0.05) is 24.8 Å². The summed E-state index contributed by atoms with van der Waals surface area (Å²) in [5, 5.41) is 1.01. The average molecular weight is 363 g/mol. The van der Waals surface area contributed by atoms with Gasteiger partial charge in [0.25, 0.3) is 0 Å². The summed E-state index contributed by atoms with van der Waals surface area (Å²) in [6.07, 6.45) is 1.99. The van der Waals surface area contributed by atoms with Crippen molar-refractivity contribution >= 4 is 10.9 Å². The Morgan fingerprint density at radius 1 is 1.07 bits per heavy atom. The molecule has 4 heteroatoms. The molecule has 140 valence electrons. The number of ether oxygens (including phenoxy) is 2. The van der Waals surface area contributed by atoms with E-state index < -0.39 is 0 Å². The number of pyridine rings is 1. The summed E-state index contributed by atoms with van der Waals surface area (Å²) in [4.78, 5) is 14.3. The van der Waals surface area contributed by atoms with Gasteiger partial charge in [0.05, 0.1) is 0 Å². The van der Waals surface area contributed by atoms with Crippen LogP contribution in [0.2, 0.25) is 0 Å². The SMILES string of the molecule is CC(Oc1cccc(C2(C)CCOCC2)c1)c1ccc2[nH]c(=O)ccc2c1. The molecule has 0 aliphatic carbocycles. The van der Waals surface area contributed by atoms with Crippen LogP contribution < -0.4 is 10.3 Å². The first-order valence-corrected chi connectivity index (χ1v) is 9.51. The number of aromatic nitrogens is 1. The molecule has 1 unspecified atom stereocenters. The molecule has 0 spiro atoms. The molecule has 1 N–H and O–H groups in total. The molecule has 2 heterocycles. The fourth-order valence-electron chi connectivity index (χ4n) is 3.75. The van der Waals surface area contributed by atoms with Crippen molar-refractivity contribution in [1.82, 2.24) is 4.98 Å². The molecule has 1 atom stereocenters. The lowest BCUT2D eigenvalue weighted by Crippen LogP contribution is -2.30. The predicted molar refractivity (Wildman–Crippen MR) is 107 cm³/mol. The molecule has 0 amide bonds.